The van der Waals surface area contributed by atoms with E-state index in [4.69, 9.17) is 0 Å². The molecule has 1 aromatic rings. The van der Waals surface area contributed by atoms with Gasteiger partial charge in [-0.05, 0) is 13.0 Å². The third-order valence-electron chi connectivity index (χ3n) is 2.80. The number of benzene rings is 1. The average Bonchev–Trinajstić information content (AvgIpc) is 2.32. The zero-order valence-electron chi connectivity index (χ0n) is 9.44. The summed E-state index contributed by atoms with van der Waals surface area (Å²) in [4.78, 5) is 24.9. The van der Waals surface area contributed by atoms with Crippen molar-refractivity contribution in [2.45, 2.75) is 13.0 Å². The largest absolute Gasteiger partial charge is 0.339 e. The van der Waals surface area contributed by atoms with Crippen LogP contribution < -0.4 is 5.32 Å². The number of nitrogens with one attached hydrogen (secondary N) is 1. The van der Waals surface area contributed by atoms with E-state index in [-0.39, 0.29) is 23.9 Å². The standard InChI is InChI=1S/C12H13FN2O2/c1-2-15-7-10(16)14-11(12(15)17)8-5-3-4-6-9(8)13/h3-6,11H,2,7H2,1H3,(H,14,16)/t11-/m1/s1. The highest BCUT2D eigenvalue weighted by Crippen LogP contribution is 2.21. The van der Waals surface area contributed by atoms with Gasteiger partial charge in [-0.15, -0.1) is 0 Å². The minimum absolute atomic E-state index is 0.0420. The molecule has 1 aromatic carbocycles. The van der Waals surface area contributed by atoms with Crippen molar-refractivity contribution in [2.75, 3.05) is 13.1 Å². The van der Waals surface area contributed by atoms with E-state index in [9.17, 15) is 14.0 Å². The molecule has 0 aromatic heterocycles. The van der Waals surface area contributed by atoms with Crippen molar-refractivity contribution >= 4 is 11.8 Å². The number of nitrogens with zero attached hydrogens (tertiary/aromatic N) is 1. The van der Waals surface area contributed by atoms with Crippen LogP contribution in [0.2, 0.25) is 0 Å². The van der Waals surface area contributed by atoms with Crippen molar-refractivity contribution < 1.29 is 14.0 Å². The highest BCUT2D eigenvalue weighted by atomic mass is 19.1. The highest BCUT2D eigenvalue weighted by Gasteiger charge is 2.34. The molecule has 2 rings (SSSR count). The molecule has 17 heavy (non-hydrogen) atoms. The molecule has 5 heteroatoms. The quantitative estimate of drug-likeness (QED) is 0.827. The van der Waals surface area contributed by atoms with Crippen molar-refractivity contribution in [1.82, 2.24) is 10.2 Å². The maximum Gasteiger partial charge on any atom is 0.250 e. The number of amides is 2. The molecule has 1 fully saturated rings. The van der Waals surface area contributed by atoms with Gasteiger partial charge in [0.1, 0.15) is 11.9 Å². The average molecular weight is 236 g/mol. The summed E-state index contributed by atoms with van der Waals surface area (Å²) in [6.07, 6.45) is 0. The van der Waals surface area contributed by atoms with Crippen molar-refractivity contribution in [3.8, 4) is 0 Å². The molecule has 0 radical (unpaired) electrons. The Bertz CT molecular complexity index is 462. The number of hydrogen-bond acceptors (Lipinski definition) is 2. The van der Waals surface area contributed by atoms with Gasteiger partial charge in [-0.25, -0.2) is 4.39 Å². The molecule has 1 atom stereocenters. The molecular weight excluding hydrogens is 223 g/mol. The lowest BCUT2D eigenvalue weighted by molar-refractivity contribution is -0.144. The van der Waals surface area contributed by atoms with E-state index in [0.29, 0.717) is 6.54 Å². The Morgan fingerprint density at radius 2 is 2.12 bits per heavy atom. The van der Waals surface area contributed by atoms with Gasteiger partial charge in [-0.3, -0.25) is 9.59 Å². The summed E-state index contributed by atoms with van der Waals surface area (Å²) in [6.45, 7) is 2.27. The lowest BCUT2D eigenvalue weighted by Crippen LogP contribution is -2.53. The number of halogens is 1. The molecule has 0 bridgehead atoms. The van der Waals surface area contributed by atoms with E-state index in [2.05, 4.69) is 5.32 Å². The fourth-order valence-electron chi connectivity index (χ4n) is 1.89. The Hall–Kier alpha value is -1.91. The maximum atomic E-state index is 13.6. The van der Waals surface area contributed by atoms with Gasteiger partial charge >= 0.3 is 0 Å². The number of piperazine rings is 1. The van der Waals surface area contributed by atoms with E-state index in [1.54, 1.807) is 19.1 Å². The van der Waals surface area contributed by atoms with Crippen LogP contribution in [0, 0.1) is 5.82 Å². The maximum absolute atomic E-state index is 13.6. The van der Waals surface area contributed by atoms with Crippen LogP contribution in [-0.2, 0) is 9.59 Å². The number of rotatable bonds is 2. The molecule has 1 heterocycles. The van der Waals surface area contributed by atoms with E-state index in [0.717, 1.165) is 0 Å². The first-order chi connectivity index (χ1) is 8.13. The minimum atomic E-state index is -0.905. The van der Waals surface area contributed by atoms with Gasteiger partial charge in [0.2, 0.25) is 11.8 Å². The summed E-state index contributed by atoms with van der Waals surface area (Å²) in [5.41, 5.74) is 0.212. The summed E-state index contributed by atoms with van der Waals surface area (Å²) in [7, 11) is 0. The Balaban J connectivity index is 2.34. The minimum Gasteiger partial charge on any atom is -0.339 e. The molecule has 1 N–H and O–H groups in total. The van der Waals surface area contributed by atoms with Gasteiger partial charge in [0, 0.05) is 12.1 Å². The molecule has 90 valence electrons. The van der Waals surface area contributed by atoms with Gasteiger partial charge in [-0.2, -0.15) is 0 Å². The van der Waals surface area contributed by atoms with Crippen LogP contribution in [-0.4, -0.2) is 29.8 Å². The molecule has 1 aliphatic rings. The Morgan fingerprint density at radius 1 is 1.41 bits per heavy atom. The molecule has 2 amide bonds. The summed E-state index contributed by atoms with van der Waals surface area (Å²) in [6, 6.07) is 5.07. The third kappa shape index (κ3) is 2.13. The van der Waals surface area contributed by atoms with Gasteiger partial charge in [0.25, 0.3) is 0 Å². The van der Waals surface area contributed by atoms with Gasteiger partial charge in [0.15, 0.2) is 0 Å². The smallest absolute Gasteiger partial charge is 0.250 e. The predicted octanol–water partition coefficient (Wildman–Crippen LogP) is 0.845. The molecule has 1 aliphatic heterocycles. The van der Waals surface area contributed by atoms with Crippen LogP contribution in [0.15, 0.2) is 24.3 Å². The molecule has 0 spiro atoms. The monoisotopic (exact) mass is 236 g/mol. The normalized spacial score (nSPS) is 20.4. The van der Waals surface area contributed by atoms with Crippen LogP contribution in [0.4, 0.5) is 4.39 Å². The molecule has 0 saturated carbocycles. The van der Waals surface area contributed by atoms with E-state index < -0.39 is 11.9 Å². The molecule has 1 saturated heterocycles. The van der Waals surface area contributed by atoms with E-state index in [1.807, 2.05) is 0 Å². The summed E-state index contributed by atoms with van der Waals surface area (Å²) in [5, 5.41) is 2.52. The SMILES string of the molecule is CCN1CC(=O)N[C@H](c2ccccc2F)C1=O. The second-order valence-corrected chi connectivity index (χ2v) is 3.87. The highest BCUT2D eigenvalue weighted by molar-refractivity contribution is 5.95. The fraction of sp³-hybridized carbons (Fsp3) is 0.333. The van der Waals surface area contributed by atoms with Crippen LogP contribution in [0.3, 0.4) is 0 Å². The lowest BCUT2D eigenvalue weighted by Gasteiger charge is -2.32. The predicted molar refractivity (Wildman–Crippen MR) is 59.5 cm³/mol. The van der Waals surface area contributed by atoms with Gasteiger partial charge in [0.05, 0.1) is 6.54 Å². The van der Waals surface area contributed by atoms with E-state index >= 15 is 0 Å². The van der Waals surface area contributed by atoms with Crippen LogP contribution >= 0.6 is 0 Å². The zero-order chi connectivity index (χ0) is 12.4. The lowest BCUT2D eigenvalue weighted by atomic mass is 10.0. The van der Waals surface area contributed by atoms with Crippen molar-refractivity contribution in [2.24, 2.45) is 0 Å². The van der Waals surface area contributed by atoms with Crippen LogP contribution in [0.25, 0.3) is 0 Å². The van der Waals surface area contributed by atoms with Gasteiger partial charge < -0.3 is 10.2 Å². The number of carbonyl (C=O) groups excluding carboxylic acids is 2. The van der Waals surface area contributed by atoms with Gasteiger partial charge in [-0.1, -0.05) is 18.2 Å². The summed E-state index contributed by atoms with van der Waals surface area (Å²) >= 11 is 0. The first kappa shape index (κ1) is 11.6. The Labute approximate surface area is 98.4 Å². The summed E-state index contributed by atoms with van der Waals surface area (Å²) < 4.78 is 13.6. The second-order valence-electron chi connectivity index (χ2n) is 3.87. The third-order valence-corrected chi connectivity index (χ3v) is 2.80. The number of likely N-dealkylation sites (N-methyl/N-ethyl adjacent to an activating group) is 1. The van der Waals surface area contributed by atoms with Crippen LogP contribution in [0.5, 0.6) is 0 Å². The second kappa shape index (κ2) is 4.53. The van der Waals surface area contributed by atoms with Crippen molar-refractivity contribution in [1.29, 1.82) is 0 Å². The van der Waals surface area contributed by atoms with Crippen LogP contribution in [0.1, 0.15) is 18.5 Å². The topological polar surface area (TPSA) is 49.4 Å². The first-order valence-electron chi connectivity index (χ1n) is 5.46. The van der Waals surface area contributed by atoms with Crippen molar-refractivity contribution in [3.05, 3.63) is 35.6 Å². The molecule has 0 unspecified atom stereocenters. The Morgan fingerprint density at radius 3 is 2.76 bits per heavy atom. The molecule has 0 aliphatic carbocycles. The summed E-state index contributed by atoms with van der Waals surface area (Å²) in [5.74, 6) is -1.01. The Kier molecular flexibility index (Phi) is 3.08. The van der Waals surface area contributed by atoms with E-state index in [1.165, 1.54) is 17.0 Å². The molecule has 4 nitrogen and oxygen atoms in total. The fourth-order valence-corrected chi connectivity index (χ4v) is 1.89. The molecular formula is C12H13FN2O2. The zero-order valence-corrected chi connectivity index (χ0v) is 9.44. The number of carbonyl (C=O) groups is 2. The van der Waals surface area contributed by atoms with Crippen molar-refractivity contribution in [3.63, 3.8) is 0 Å². The number of hydrogen-bond donors (Lipinski definition) is 1. The first-order valence-corrected chi connectivity index (χ1v) is 5.46.